The van der Waals surface area contributed by atoms with Crippen molar-refractivity contribution in [2.24, 2.45) is 11.1 Å². The van der Waals surface area contributed by atoms with Crippen LogP contribution in [-0.2, 0) is 0 Å². The molecule has 1 atom stereocenters. The van der Waals surface area contributed by atoms with Gasteiger partial charge >= 0.3 is 0 Å². The molecule has 0 amide bonds. The summed E-state index contributed by atoms with van der Waals surface area (Å²) in [5.41, 5.74) is 1.72. The zero-order chi connectivity index (χ0) is 17.5. The second-order valence-corrected chi connectivity index (χ2v) is 6.03. The lowest BCUT2D eigenvalue weighted by molar-refractivity contribution is 0.320. The highest BCUT2D eigenvalue weighted by Gasteiger charge is 2.20. The van der Waals surface area contributed by atoms with Gasteiger partial charge in [-0.25, -0.2) is 4.98 Å². The zero-order valence-corrected chi connectivity index (χ0v) is 14.0. The molecule has 0 bridgehead atoms. The van der Waals surface area contributed by atoms with Gasteiger partial charge in [0.2, 0.25) is 0 Å². The fourth-order valence-corrected chi connectivity index (χ4v) is 2.50. The fourth-order valence-electron chi connectivity index (χ4n) is 2.50. The van der Waals surface area contributed by atoms with E-state index in [9.17, 15) is 0 Å². The van der Waals surface area contributed by atoms with Gasteiger partial charge in [0.05, 0.1) is 5.71 Å². The number of anilines is 1. The topological polar surface area (TPSA) is 96.4 Å². The van der Waals surface area contributed by atoms with E-state index in [1.54, 1.807) is 31.3 Å². The molecule has 0 aromatic carbocycles. The van der Waals surface area contributed by atoms with Gasteiger partial charge in [-0.1, -0.05) is 12.1 Å². The van der Waals surface area contributed by atoms with E-state index in [4.69, 9.17) is 16.0 Å². The molecule has 1 saturated heterocycles. The Kier molecular flexibility index (Phi) is 6.01. The van der Waals surface area contributed by atoms with Gasteiger partial charge in [0.15, 0.2) is 0 Å². The smallest absolute Gasteiger partial charge is 0.129 e. The van der Waals surface area contributed by atoms with Crippen molar-refractivity contribution in [3.63, 3.8) is 0 Å². The van der Waals surface area contributed by atoms with E-state index in [1.807, 2.05) is 6.07 Å². The second-order valence-electron chi connectivity index (χ2n) is 6.03. The first kappa shape index (κ1) is 17.6. The maximum Gasteiger partial charge on any atom is 0.129 e. The Morgan fingerprint density at radius 1 is 1.33 bits per heavy atom. The minimum absolute atomic E-state index is 0.286. The van der Waals surface area contributed by atoms with E-state index in [-0.39, 0.29) is 5.71 Å². The molecular formula is C18H23N5O. The van der Waals surface area contributed by atoms with E-state index >= 15 is 0 Å². The predicted molar refractivity (Wildman–Crippen MR) is 98.0 cm³/mol. The average molecular weight is 325 g/mol. The van der Waals surface area contributed by atoms with Gasteiger partial charge in [-0.15, -0.1) is 0 Å². The molecule has 1 unspecified atom stereocenters. The molecule has 0 saturated carbocycles. The van der Waals surface area contributed by atoms with Crippen LogP contribution in [-0.4, -0.2) is 40.4 Å². The molecule has 0 radical (unpaired) electrons. The van der Waals surface area contributed by atoms with Crippen LogP contribution in [0.25, 0.3) is 0 Å². The maximum atomic E-state index is 8.96. The summed E-state index contributed by atoms with van der Waals surface area (Å²) in [6.45, 7) is 5.85. The summed E-state index contributed by atoms with van der Waals surface area (Å²) < 4.78 is 0. The molecule has 1 fully saturated rings. The molecule has 1 aliphatic rings. The standard InChI is InChI=1S/C18H23N5O/c1-13-8-10-23(12-13)18-11-15(7-9-21-18)17(20)6-5-16(22-24)4-3-14(2)19/h3-7,9,11,13,19-20,24H,8,10,12H2,1-2H3/b4-3?,6-5+,19-14?,20-17?,22-16?. The summed E-state index contributed by atoms with van der Waals surface area (Å²) in [7, 11) is 0. The molecule has 1 aromatic rings. The Bertz CT molecular complexity index is 705. The molecule has 0 aliphatic carbocycles. The van der Waals surface area contributed by atoms with Crippen molar-refractivity contribution in [2.75, 3.05) is 18.0 Å². The monoisotopic (exact) mass is 325 g/mol. The maximum absolute atomic E-state index is 8.96. The number of nitrogens with one attached hydrogen (secondary N) is 2. The van der Waals surface area contributed by atoms with E-state index < -0.39 is 0 Å². The minimum atomic E-state index is 0.286. The third kappa shape index (κ3) is 4.87. The summed E-state index contributed by atoms with van der Waals surface area (Å²) in [6, 6.07) is 3.71. The average Bonchev–Trinajstić information content (AvgIpc) is 3.01. The fraction of sp³-hybridized carbons (Fsp3) is 0.333. The third-order valence-corrected chi connectivity index (χ3v) is 3.84. The number of hydrogen-bond acceptors (Lipinski definition) is 6. The van der Waals surface area contributed by atoms with Crippen LogP contribution in [0.15, 0.2) is 47.8 Å². The molecule has 2 heterocycles. The lowest BCUT2D eigenvalue weighted by Gasteiger charge is -2.17. The van der Waals surface area contributed by atoms with E-state index in [2.05, 4.69) is 22.0 Å². The number of hydrogen-bond donors (Lipinski definition) is 3. The molecule has 1 aromatic heterocycles. The first-order chi connectivity index (χ1) is 11.5. The third-order valence-electron chi connectivity index (χ3n) is 3.84. The number of aromatic nitrogens is 1. The van der Waals surface area contributed by atoms with Crippen molar-refractivity contribution in [2.45, 2.75) is 20.3 Å². The van der Waals surface area contributed by atoms with Crippen molar-refractivity contribution in [1.82, 2.24) is 4.98 Å². The van der Waals surface area contributed by atoms with Crippen LogP contribution < -0.4 is 4.90 Å². The quantitative estimate of drug-likeness (QED) is 0.425. The molecule has 24 heavy (non-hydrogen) atoms. The number of oxime groups is 1. The Morgan fingerprint density at radius 2 is 2.08 bits per heavy atom. The van der Waals surface area contributed by atoms with E-state index in [1.165, 1.54) is 18.6 Å². The van der Waals surface area contributed by atoms with Crippen molar-refractivity contribution in [1.29, 1.82) is 10.8 Å². The lowest BCUT2D eigenvalue weighted by atomic mass is 10.1. The van der Waals surface area contributed by atoms with Crippen LogP contribution >= 0.6 is 0 Å². The normalized spacial score (nSPS) is 18.7. The van der Waals surface area contributed by atoms with Gasteiger partial charge in [0, 0.05) is 30.6 Å². The SMILES string of the molecule is CC(=N)C=CC(/C=C/C(=N)c1ccnc(N2CCC(C)C2)c1)=NO. The largest absolute Gasteiger partial charge is 0.410 e. The minimum Gasteiger partial charge on any atom is -0.410 e. The van der Waals surface area contributed by atoms with Crippen LogP contribution in [0.1, 0.15) is 25.8 Å². The van der Waals surface area contributed by atoms with Crippen molar-refractivity contribution in [3.8, 4) is 0 Å². The Labute approximate surface area is 142 Å². The first-order valence-electron chi connectivity index (χ1n) is 7.93. The van der Waals surface area contributed by atoms with Crippen LogP contribution in [0.5, 0.6) is 0 Å². The van der Waals surface area contributed by atoms with Crippen molar-refractivity contribution < 1.29 is 5.21 Å². The first-order valence-corrected chi connectivity index (χ1v) is 7.93. The number of pyridine rings is 1. The molecule has 0 spiro atoms. The Morgan fingerprint density at radius 3 is 2.71 bits per heavy atom. The van der Waals surface area contributed by atoms with Crippen molar-refractivity contribution in [3.05, 3.63) is 48.2 Å². The highest BCUT2D eigenvalue weighted by atomic mass is 16.4. The lowest BCUT2D eigenvalue weighted by Crippen LogP contribution is -2.20. The summed E-state index contributed by atoms with van der Waals surface area (Å²) in [5.74, 6) is 1.56. The van der Waals surface area contributed by atoms with Gasteiger partial charge in [-0.3, -0.25) is 0 Å². The van der Waals surface area contributed by atoms with Gasteiger partial charge < -0.3 is 20.9 Å². The number of allylic oxidation sites excluding steroid dienone is 4. The zero-order valence-electron chi connectivity index (χ0n) is 14.0. The van der Waals surface area contributed by atoms with Crippen LogP contribution in [0.4, 0.5) is 5.82 Å². The second kappa shape index (κ2) is 8.19. The highest BCUT2D eigenvalue weighted by Crippen LogP contribution is 2.22. The van der Waals surface area contributed by atoms with Crippen LogP contribution in [0.2, 0.25) is 0 Å². The molecule has 6 heteroatoms. The number of rotatable bonds is 6. The van der Waals surface area contributed by atoms with E-state index in [0.717, 1.165) is 24.5 Å². The molecule has 126 valence electrons. The van der Waals surface area contributed by atoms with Crippen LogP contribution in [0, 0.1) is 16.7 Å². The van der Waals surface area contributed by atoms with Gasteiger partial charge in [0.25, 0.3) is 0 Å². The molecule has 2 rings (SSSR count). The molecule has 1 aliphatic heterocycles. The van der Waals surface area contributed by atoms with Gasteiger partial charge in [0.1, 0.15) is 11.5 Å². The Balaban J connectivity index is 2.09. The summed E-state index contributed by atoms with van der Waals surface area (Å²) in [5, 5.41) is 27.6. The van der Waals surface area contributed by atoms with Gasteiger partial charge in [-0.2, -0.15) is 0 Å². The number of nitrogens with zero attached hydrogens (tertiary/aromatic N) is 3. The molecule has 6 nitrogen and oxygen atoms in total. The summed E-state index contributed by atoms with van der Waals surface area (Å²) in [6.07, 6.45) is 9.05. The van der Waals surface area contributed by atoms with Gasteiger partial charge in [-0.05, 0) is 55.7 Å². The molecular weight excluding hydrogens is 302 g/mol. The predicted octanol–water partition coefficient (Wildman–Crippen LogP) is 3.28. The van der Waals surface area contributed by atoms with Crippen molar-refractivity contribution >= 4 is 23.0 Å². The highest BCUT2D eigenvalue weighted by molar-refractivity contribution is 6.14. The molecule has 3 N–H and O–H groups in total. The van der Waals surface area contributed by atoms with E-state index in [0.29, 0.717) is 17.3 Å². The van der Waals surface area contributed by atoms with Crippen LogP contribution in [0.3, 0.4) is 0 Å². The summed E-state index contributed by atoms with van der Waals surface area (Å²) >= 11 is 0. The Hall–Kier alpha value is -2.76. The summed E-state index contributed by atoms with van der Waals surface area (Å²) in [4.78, 5) is 6.64.